The van der Waals surface area contributed by atoms with Crippen LogP contribution in [0.3, 0.4) is 0 Å². The minimum atomic E-state index is -1.16. The Morgan fingerprint density at radius 3 is 1.49 bits per heavy atom. The van der Waals surface area contributed by atoms with Crippen LogP contribution < -0.4 is 21.7 Å². The van der Waals surface area contributed by atoms with E-state index in [0.29, 0.717) is 22.5 Å². The van der Waals surface area contributed by atoms with Crippen LogP contribution in [0.1, 0.15) is 33.0 Å². The fourth-order valence-electron chi connectivity index (χ4n) is 5.62. The van der Waals surface area contributed by atoms with E-state index in [1.165, 1.54) is 0 Å². The highest BCUT2D eigenvalue weighted by molar-refractivity contribution is 6.07. The van der Waals surface area contributed by atoms with Crippen molar-refractivity contribution in [3.63, 3.8) is 0 Å². The Morgan fingerprint density at radius 1 is 0.510 bits per heavy atom. The molecule has 0 fully saturated rings. The highest BCUT2D eigenvalue weighted by atomic mass is 16.2. The average molecular weight is 645 g/mol. The molecular formula is C42H36N4O3. The summed E-state index contributed by atoms with van der Waals surface area (Å²) in [5.74, 6) is -2.41. The number of para-hydroxylation sites is 2. The first kappa shape index (κ1) is 32.5. The van der Waals surface area contributed by atoms with Crippen molar-refractivity contribution >= 4 is 29.1 Å². The number of nitrogens with two attached hydrogens (primary N) is 1. The first-order valence-corrected chi connectivity index (χ1v) is 16.0. The Labute approximate surface area is 285 Å². The molecule has 0 atom stereocenters. The largest absolute Gasteiger partial charge is 0.397 e. The van der Waals surface area contributed by atoms with Crippen molar-refractivity contribution in [2.24, 2.45) is 0 Å². The summed E-state index contributed by atoms with van der Waals surface area (Å²) >= 11 is 0. The smallest absolute Gasteiger partial charge is 0.255 e. The first-order chi connectivity index (χ1) is 23.9. The number of hydrogen-bond acceptors (Lipinski definition) is 4. The maximum absolute atomic E-state index is 13.8. The van der Waals surface area contributed by atoms with Gasteiger partial charge in [-0.1, -0.05) is 121 Å². The summed E-state index contributed by atoms with van der Waals surface area (Å²) in [4.78, 5) is 40.6. The first-order valence-electron chi connectivity index (χ1n) is 16.0. The van der Waals surface area contributed by atoms with Crippen molar-refractivity contribution < 1.29 is 14.4 Å². The molecule has 0 heterocycles. The summed E-state index contributed by atoms with van der Waals surface area (Å²) in [6, 6.07) is 49.4. The van der Waals surface area contributed by atoms with Crippen molar-refractivity contribution in [3.05, 3.63) is 180 Å². The van der Waals surface area contributed by atoms with Crippen molar-refractivity contribution in [2.75, 3.05) is 11.1 Å². The summed E-state index contributed by atoms with van der Waals surface area (Å²) in [6.07, 6.45) is 0. The van der Waals surface area contributed by atoms with Gasteiger partial charge in [0.2, 0.25) is 11.8 Å². The van der Waals surface area contributed by atoms with Crippen molar-refractivity contribution in [1.82, 2.24) is 10.6 Å². The molecule has 0 unspecified atom stereocenters. The molecule has 6 aromatic rings. The van der Waals surface area contributed by atoms with Gasteiger partial charge in [-0.3, -0.25) is 14.4 Å². The molecule has 3 amide bonds. The maximum Gasteiger partial charge on any atom is 0.255 e. The van der Waals surface area contributed by atoms with Crippen LogP contribution in [0.2, 0.25) is 0 Å². The number of benzene rings is 6. The van der Waals surface area contributed by atoms with E-state index in [-0.39, 0.29) is 19.0 Å². The van der Waals surface area contributed by atoms with Gasteiger partial charge in [0, 0.05) is 18.7 Å². The quantitative estimate of drug-likeness (QED) is 0.0861. The van der Waals surface area contributed by atoms with Gasteiger partial charge in [-0.15, -0.1) is 0 Å². The summed E-state index contributed by atoms with van der Waals surface area (Å²) in [5, 5.41) is 8.75. The predicted octanol–water partition coefficient (Wildman–Crippen LogP) is 7.57. The number of nitrogens with one attached hydrogen (secondary N) is 3. The van der Waals surface area contributed by atoms with Crippen LogP contribution in [0.4, 0.5) is 11.4 Å². The lowest BCUT2D eigenvalue weighted by Gasteiger charge is -2.18. The van der Waals surface area contributed by atoms with Gasteiger partial charge in [-0.2, -0.15) is 0 Å². The van der Waals surface area contributed by atoms with Crippen LogP contribution in [-0.2, 0) is 22.7 Å². The number of rotatable bonds is 11. The van der Waals surface area contributed by atoms with Gasteiger partial charge in [-0.05, 0) is 75.3 Å². The summed E-state index contributed by atoms with van der Waals surface area (Å²) in [5.41, 5.74) is 13.8. The molecule has 7 heteroatoms. The molecule has 0 aliphatic heterocycles. The van der Waals surface area contributed by atoms with Gasteiger partial charge in [-0.25, -0.2) is 0 Å². The maximum atomic E-state index is 13.8. The highest BCUT2D eigenvalue weighted by Crippen LogP contribution is 2.24. The zero-order valence-electron chi connectivity index (χ0n) is 26.8. The third-order valence-electron chi connectivity index (χ3n) is 8.24. The third kappa shape index (κ3) is 8.28. The number of anilines is 2. The standard InChI is InChI=1S/C42H36N4O3/c43-37-19-7-8-20-38(37)46-40(47)34-23-21-33(22-24-34)39(41(48)44-27-29-11-9-17-35(25-29)31-13-3-1-4-14-31)42(49)45-28-30-12-10-18-36(26-30)32-15-5-2-6-16-32/h1-26,39H,27-28,43H2,(H,44,48)(H,45,49)(H,46,47). The molecule has 49 heavy (non-hydrogen) atoms. The van der Waals surface area contributed by atoms with Gasteiger partial charge >= 0.3 is 0 Å². The zero-order chi connectivity index (χ0) is 34.0. The second-order valence-electron chi connectivity index (χ2n) is 11.7. The highest BCUT2D eigenvalue weighted by Gasteiger charge is 2.28. The topological polar surface area (TPSA) is 113 Å². The lowest BCUT2D eigenvalue weighted by molar-refractivity contribution is -0.131. The molecule has 7 nitrogen and oxygen atoms in total. The number of amides is 3. The Bertz CT molecular complexity index is 1960. The second kappa shape index (κ2) is 15.4. The van der Waals surface area contributed by atoms with Crippen molar-refractivity contribution in [3.8, 4) is 22.3 Å². The van der Waals surface area contributed by atoms with Crippen LogP contribution in [0, 0.1) is 0 Å². The molecule has 0 bridgehead atoms. The normalized spacial score (nSPS) is 10.7. The van der Waals surface area contributed by atoms with Crippen LogP contribution in [0.25, 0.3) is 22.3 Å². The Morgan fingerprint density at radius 2 is 0.980 bits per heavy atom. The van der Waals surface area contributed by atoms with Crippen LogP contribution >= 0.6 is 0 Å². The van der Waals surface area contributed by atoms with Crippen LogP contribution in [0.5, 0.6) is 0 Å². The van der Waals surface area contributed by atoms with E-state index in [2.05, 4.69) is 16.0 Å². The molecule has 0 aromatic heterocycles. The van der Waals surface area contributed by atoms with Gasteiger partial charge in [0.1, 0.15) is 5.92 Å². The molecular weight excluding hydrogens is 608 g/mol. The minimum Gasteiger partial charge on any atom is -0.397 e. The summed E-state index contributed by atoms with van der Waals surface area (Å²) in [6.45, 7) is 0.475. The van der Waals surface area contributed by atoms with Gasteiger partial charge in [0.15, 0.2) is 0 Å². The Kier molecular flexibility index (Phi) is 10.2. The molecule has 0 saturated carbocycles. The van der Waals surface area contributed by atoms with E-state index in [4.69, 9.17) is 5.73 Å². The molecule has 5 N–H and O–H groups in total. The molecule has 6 rings (SSSR count). The molecule has 0 radical (unpaired) electrons. The van der Waals surface area contributed by atoms with E-state index in [1.54, 1.807) is 48.5 Å². The SMILES string of the molecule is Nc1ccccc1NC(=O)c1ccc(C(C(=O)NCc2cccc(-c3ccccc3)c2)C(=O)NCc2cccc(-c3ccccc3)c2)cc1. The molecule has 6 aromatic carbocycles. The van der Waals surface area contributed by atoms with Crippen LogP contribution in [0.15, 0.2) is 158 Å². The number of carbonyl (C=O) groups excluding carboxylic acids is 3. The average Bonchev–Trinajstić information content (AvgIpc) is 3.15. The molecule has 0 aliphatic rings. The van der Waals surface area contributed by atoms with E-state index in [9.17, 15) is 14.4 Å². The minimum absolute atomic E-state index is 0.237. The molecule has 0 saturated heterocycles. The van der Waals surface area contributed by atoms with Crippen molar-refractivity contribution in [1.29, 1.82) is 0 Å². The van der Waals surface area contributed by atoms with E-state index in [0.717, 1.165) is 33.4 Å². The lowest BCUT2D eigenvalue weighted by Crippen LogP contribution is -2.39. The second-order valence-corrected chi connectivity index (χ2v) is 11.7. The van der Waals surface area contributed by atoms with E-state index < -0.39 is 17.7 Å². The van der Waals surface area contributed by atoms with Gasteiger partial charge in [0.05, 0.1) is 11.4 Å². The van der Waals surface area contributed by atoms with E-state index >= 15 is 0 Å². The fourth-order valence-corrected chi connectivity index (χ4v) is 5.62. The fraction of sp³-hybridized carbons (Fsp3) is 0.0714. The van der Waals surface area contributed by atoms with Gasteiger partial charge in [0.25, 0.3) is 5.91 Å². The Balaban J connectivity index is 1.20. The molecule has 242 valence electrons. The molecule has 0 aliphatic carbocycles. The number of hydrogen-bond donors (Lipinski definition) is 4. The lowest BCUT2D eigenvalue weighted by atomic mass is 9.95. The van der Waals surface area contributed by atoms with Crippen molar-refractivity contribution in [2.45, 2.75) is 19.0 Å². The summed E-state index contributed by atoms with van der Waals surface area (Å²) in [7, 11) is 0. The number of nitrogen functional groups attached to an aromatic ring is 1. The number of carbonyl (C=O) groups is 3. The van der Waals surface area contributed by atoms with E-state index in [1.807, 2.05) is 109 Å². The third-order valence-corrected chi connectivity index (χ3v) is 8.24. The van der Waals surface area contributed by atoms with Gasteiger partial charge < -0.3 is 21.7 Å². The van der Waals surface area contributed by atoms with Crippen LogP contribution in [-0.4, -0.2) is 17.7 Å². The molecule has 0 spiro atoms. The Hall–Kier alpha value is -6.47. The monoisotopic (exact) mass is 644 g/mol. The predicted molar refractivity (Wildman–Crippen MR) is 195 cm³/mol. The summed E-state index contributed by atoms with van der Waals surface area (Å²) < 4.78 is 0. The zero-order valence-corrected chi connectivity index (χ0v) is 26.8.